The Labute approximate surface area is 146 Å². The van der Waals surface area contributed by atoms with E-state index in [0.29, 0.717) is 11.3 Å². The lowest BCUT2D eigenvalue weighted by molar-refractivity contribution is -0.385. The molecule has 0 spiro atoms. The first kappa shape index (κ1) is 17.1. The topological polar surface area (TPSA) is 49.6 Å². The number of benzene rings is 2. The van der Waals surface area contributed by atoms with Crippen LogP contribution >= 0.6 is 0 Å². The summed E-state index contributed by atoms with van der Waals surface area (Å²) in [4.78, 5) is 14.9. The van der Waals surface area contributed by atoms with Gasteiger partial charge in [-0.15, -0.1) is 0 Å². The highest BCUT2D eigenvalue weighted by atomic mass is 19.1. The summed E-state index contributed by atoms with van der Waals surface area (Å²) in [7, 11) is 0. The lowest BCUT2D eigenvalue weighted by Gasteiger charge is -2.35. The molecule has 0 unspecified atom stereocenters. The average molecular weight is 341 g/mol. The van der Waals surface area contributed by atoms with Crippen LogP contribution in [-0.4, -0.2) is 42.5 Å². The lowest BCUT2D eigenvalue weighted by atomic mass is 10.1. The molecule has 0 atom stereocenters. The monoisotopic (exact) mass is 341 g/mol. The van der Waals surface area contributed by atoms with Gasteiger partial charge in [0.15, 0.2) is 0 Å². The van der Waals surface area contributed by atoms with E-state index < -0.39 is 0 Å². The minimum atomic E-state index is -0.368. The highest BCUT2D eigenvalue weighted by molar-refractivity contribution is 5.60. The molecular weight excluding hydrogens is 321 g/mol. The van der Waals surface area contributed by atoms with Gasteiger partial charge in [-0.3, -0.25) is 15.0 Å². The van der Waals surface area contributed by atoms with Gasteiger partial charge in [0.2, 0.25) is 0 Å². The Bertz CT molecular complexity index is 771. The first-order chi connectivity index (χ1) is 12.1. The van der Waals surface area contributed by atoms with Crippen molar-refractivity contribution < 1.29 is 9.31 Å². The molecule has 1 saturated heterocycles. The molecule has 130 valence electrons. The summed E-state index contributed by atoms with van der Waals surface area (Å²) < 4.78 is 13.8. The fourth-order valence-electron chi connectivity index (χ4n) is 3.00. The van der Waals surface area contributed by atoms with Gasteiger partial charge in [0.05, 0.1) is 16.2 Å². The Morgan fingerprint density at radius 1 is 1.04 bits per heavy atom. The number of anilines is 1. The minimum absolute atomic E-state index is 0.114. The Balaban J connectivity index is 1.55. The first-order valence-corrected chi connectivity index (χ1v) is 8.27. The van der Waals surface area contributed by atoms with Gasteiger partial charge >= 0.3 is 0 Å². The molecule has 3 rings (SSSR count). The van der Waals surface area contributed by atoms with E-state index in [4.69, 9.17) is 0 Å². The maximum absolute atomic E-state index is 13.8. The summed E-state index contributed by atoms with van der Waals surface area (Å²) in [5, 5.41) is 11.0. The zero-order chi connectivity index (χ0) is 17.6. The van der Waals surface area contributed by atoms with E-state index in [1.54, 1.807) is 36.4 Å². The number of piperazine rings is 1. The molecule has 1 aliphatic rings. The van der Waals surface area contributed by atoms with Crippen molar-refractivity contribution in [1.82, 2.24) is 4.90 Å². The SMILES string of the molecule is O=[N+]([O-])c1ccccc1C=CCN1CCN(c2ccccc2F)CC1. The summed E-state index contributed by atoms with van der Waals surface area (Å²) in [6.45, 7) is 3.91. The van der Waals surface area contributed by atoms with Crippen molar-refractivity contribution in [3.05, 3.63) is 76.1 Å². The molecule has 1 heterocycles. The molecule has 0 aromatic heterocycles. The molecule has 25 heavy (non-hydrogen) atoms. The number of nitrogens with zero attached hydrogens (tertiary/aromatic N) is 3. The van der Waals surface area contributed by atoms with Crippen molar-refractivity contribution in [2.75, 3.05) is 37.6 Å². The fraction of sp³-hybridized carbons (Fsp3) is 0.263. The molecular formula is C19H20FN3O2. The number of halogens is 1. The van der Waals surface area contributed by atoms with Crippen molar-refractivity contribution in [3.63, 3.8) is 0 Å². The highest BCUT2D eigenvalue weighted by Gasteiger charge is 2.18. The second-order valence-electron chi connectivity index (χ2n) is 5.96. The summed E-state index contributed by atoms with van der Waals surface area (Å²) in [6, 6.07) is 13.5. The van der Waals surface area contributed by atoms with Crippen molar-refractivity contribution in [2.45, 2.75) is 0 Å². The van der Waals surface area contributed by atoms with Gasteiger partial charge in [-0.2, -0.15) is 0 Å². The summed E-state index contributed by atoms with van der Waals surface area (Å²) in [6.07, 6.45) is 3.74. The van der Waals surface area contributed by atoms with Crippen LogP contribution in [0, 0.1) is 15.9 Å². The molecule has 0 radical (unpaired) electrons. The van der Waals surface area contributed by atoms with Gasteiger partial charge in [0.1, 0.15) is 5.82 Å². The molecule has 2 aromatic rings. The van der Waals surface area contributed by atoms with E-state index in [0.717, 1.165) is 32.7 Å². The molecule has 1 fully saturated rings. The van der Waals surface area contributed by atoms with Gasteiger partial charge in [0.25, 0.3) is 5.69 Å². The predicted molar refractivity (Wildman–Crippen MR) is 97.2 cm³/mol. The molecule has 1 aliphatic heterocycles. The zero-order valence-electron chi connectivity index (χ0n) is 13.8. The zero-order valence-corrected chi connectivity index (χ0v) is 13.8. The van der Waals surface area contributed by atoms with E-state index >= 15 is 0 Å². The molecule has 0 N–H and O–H groups in total. The standard InChI is InChI=1S/C19H20FN3O2/c20-17-8-2-4-10-19(17)22-14-12-21(13-15-22)11-5-7-16-6-1-3-9-18(16)23(24)25/h1-10H,11-15H2. The summed E-state index contributed by atoms with van der Waals surface area (Å²) >= 11 is 0. The van der Waals surface area contributed by atoms with Crippen LogP contribution in [0.1, 0.15) is 5.56 Å². The normalized spacial score (nSPS) is 15.6. The molecule has 5 nitrogen and oxygen atoms in total. The van der Waals surface area contributed by atoms with Gasteiger partial charge in [-0.25, -0.2) is 4.39 Å². The maximum Gasteiger partial charge on any atom is 0.276 e. The summed E-state index contributed by atoms with van der Waals surface area (Å²) in [5.74, 6) is -0.188. The van der Waals surface area contributed by atoms with Gasteiger partial charge in [-0.1, -0.05) is 36.4 Å². The van der Waals surface area contributed by atoms with E-state index in [2.05, 4.69) is 9.80 Å². The Kier molecular flexibility index (Phi) is 5.40. The van der Waals surface area contributed by atoms with E-state index in [1.165, 1.54) is 12.1 Å². The first-order valence-electron chi connectivity index (χ1n) is 8.27. The number of rotatable bonds is 5. The van der Waals surface area contributed by atoms with E-state index in [9.17, 15) is 14.5 Å². The van der Waals surface area contributed by atoms with Crippen molar-refractivity contribution in [3.8, 4) is 0 Å². The Hall–Kier alpha value is -2.73. The third-order valence-electron chi connectivity index (χ3n) is 4.36. The van der Waals surface area contributed by atoms with Gasteiger partial charge in [0, 0.05) is 38.8 Å². The second kappa shape index (κ2) is 7.90. The molecule has 0 saturated carbocycles. The lowest BCUT2D eigenvalue weighted by Crippen LogP contribution is -2.46. The average Bonchev–Trinajstić information content (AvgIpc) is 2.63. The van der Waals surface area contributed by atoms with Crippen LogP contribution in [-0.2, 0) is 0 Å². The largest absolute Gasteiger partial charge is 0.367 e. The third kappa shape index (κ3) is 4.22. The number of nitro groups is 1. The number of hydrogen-bond acceptors (Lipinski definition) is 4. The van der Waals surface area contributed by atoms with Crippen molar-refractivity contribution in [2.24, 2.45) is 0 Å². The molecule has 0 bridgehead atoms. The second-order valence-corrected chi connectivity index (χ2v) is 5.96. The summed E-state index contributed by atoms with van der Waals surface area (Å²) in [5.41, 5.74) is 1.37. The van der Waals surface area contributed by atoms with Crippen LogP contribution in [0.2, 0.25) is 0 Å². The van der Waals surface area contributed by atoms with Gasteiger partial charge in [-0.05, 0) is 18.2 Å². The number of hydrogen-bond donors (Lipinski definition) is 0. The van der Waals surface area contributed by atoms with Crippen molar-refractivity contribution >= 4 is 17.5 Å². The fourth-order valence-corrected chi connectivity index (χ4v) is 3.00. The number of nitro benzene ring substituents is 1. The molecule has 2 aromatic carbocycles. The number of para-hydroxylation sites is 2. The van der Waals surface area contributed by atoms with Crippen LogP contribution in [0.25, 0.3) is 6.08 Å². The predicted octanol–water partition coefficient (Wildman–Crippen LogP) is 3.57. The van der Waals surface area contributed by atoms with E-state index in [1.807, 2.05) is 12.1 Å². The van der Waals surface area contributed by atoms with Crippen LogP contribution < -0.4 is 4.90 Å². The van der Waals surface area contributed by atoms with Crippen LogP contribution in [0.5, 0.6) is 0 Å². The minimum Gasteiger partial charge on any atom is -0.367 e. The molecule has 0 amide bonds. The maximum atomic E-state index is 13.8. The Morgan fingerprint density at radius 2 is 1.72 bits per heavy atom. The van der Waals surface area contributed by atoms with Crippen LogP contribution in [0.4, 0.5) is 15.8 Å². The highest BCUT2D eigenvalue weighted by Crippen LogP contribution is 2.21. The van der Waals surface area contributed by atoms with Gasteiger partial charge < -0.3 is 4.90 Å². The smallest absolute Gasteiger partial charge is 0.276 e. The third-order valence-corrected chi connectivity index (χ3v) is 4.36. The van der Waals surface area contributed by atoms with Crippen molar-refractivity contribution in [1.29, 1.82) is 0 Å². The van der Waals surface area contributed by atoms with E-state index in [-0.39, 0.29) is 16.4 Å². The molecule has 0 aliphatic carbocycles. The van der Waals surface area contributed by atoms with Crippen LogP contribution in [0.3, 0.4) is 0 Å². The Morgan fingerprint density at radius 3 is 2.44 bits per heavy atom. The quantitative estimate of drug-likeness (QED) is 0.616. The molecule has 6 heteroatoms. The van der Waals surface area contributed by atoms with Crippen LogP contribution in [0.15, 0.2) is 54.6 Å².